The Morgan fingerprint density at radius 2 is 2.12 bits per heavy atom. The largest absolute Gasteiger partial charge is 0.487 e. The van der Waals surface area contributed by atoms with Gasteiger partial charge in [0.25, 0.3) is 10.0 Å². The van der Waals surface area contributed by atoms with Crippen LogP contribution in [0.25, 0.3) is 0 Å². The second-order valence-corrected chi connectivity index (χ2v) is 7.77. The van der Waals surface area contributed by atoms with Gasteiger partial charge in [-0.2, -0.15) is 0 Å². The quantitative estimate of drug-likeness (QED) is 0.882. The van der Waals surface area contributed by atoms with E-state index in [1.807, 2.05) is 6.92 Å². The number of rotatable bonds is 3. The maximum absolute atomic E-state index is 12.5. The molecule has 1 atom stereocenters. The highest BCUT2D eigenvalue weighted by atomic mass is 35.5. The molecule has 0 bridgehead atoms. The summed E-state index contributed by atoms with van der Waals surface area (Å²) in [4.78, 5) is 17.3. The number of aromatic nitrogens is 1. The minimum atomic E-state index is -3.85. The second kappa shape index (κ2) is 6.53. The van der Waals surface area contributed by atoms with Crippen molar-refractivity contribution in [3.63, 3.8) is 0 Å². The van der Waals surface area contributed by atoms with Crippen molar-refractivity contribution in [2.24, 2.45) is 0 Å². The van der Waals surface area contributed by atoms with Crippen LogP contribution in [0.2, 0.25) is 5.02 Å². The Kier molecular flexibility index (Phi) is 4.57. The maximum atomic E-state index is 12.5. The van der Waals surface area contributed by atoms with E-state index in [1.165, 1.54) is 37.4 Å². The topological polar surface area (TPSA) is 88.6 Å². The molecule has 1 aliphatic rings. The monoisotopic (exact) mass is 381 g/mol. The average Bonchev–Trinajstić information content (AvgIpc) is 2.55. The van der Waals surface area contributed by atoms with Gasteiger partial charge in [0.2, 0.25) is 5.91 Å². The molecule has 7 nitrogen and oxygen atoms in total. The predicted molar refractivity (Wildman–Crippen MR) is 94.6 cm³/mol. The summed E-state index contributed by atoms with van der Waals surface area (Å²) < 4.78 is 33.2. The Bertz CT molecular complexity index is 915. The molecule has 0 radical (unpaired) electrons. The molecule has 0 saturated carbocycles. The smallest absolute Gasteiger partial charge is 0.263 e. The highest BCUT2D eigenvalue weighted by Gasteiger charge is 2.27. The van der Waals surface area contributed by atoms with E-state index in [4.69, 9.17) is 16.3 Å². The molecule has 0 aliphatic carbocycles. The minimum Gasteiger partial charge on any atom is -0.487 e. The highest BCUT2D eigenvalue weighted by molar-refractivity contribution is 7.92. The van der Waals surface area contributed by atoms with Crippen molar-refractivity contribution in [2.75, 3.05) is 16.2 Å². The van der Waals surface area contributed by atoms with Crippen molar-refractivity contribution in [1.82, 2.24) is 4.98 Å². The van der Waals surface area contributed by atoms with Gasteiger partial charge in [-0.3, -0.25) is 9.52 Å². The third-order valence-electron chi connectivity index (χ3n) is 3.65. The van der Waals surface area contributed by atoms with E-state index in [-0.39, 0.29) is 22.7 Å². The first-order valence-electron chi connectivity index (χ1n) is 7.49. The fourth-order valence-corrected chi connectivity index (χ4v) is 3.65. The molecule has 1 aliphatic heterocycles. The van der Waals surface area contributed by atoms with Crippen LogP contribution < -0.4 is 14.4 Å². The molecule has 2 aromatic rings. The number of carbonyl (C=O) groups is 1. The third-order valence-corrected chi connectivity index (χ3v) is 5.22. The number of nitrogens with zero attached hydrogens (tertiary/aromatic N) is 2. The normalized spacial score (nSPS) is 16.8. The number of nitrogens with one attached hydrogen (secondary N) is 1. The number of ether oxygens (including phenoxy) is 1. The molecule has 2 heterocycles. The van der Waals surface area contributed by atoms with E-state index in [0.29, 0.717) is 23.0 Å². The lowest BCUT2D eigenvalue weighted by Crippen LogP contribution is -2.41. The third kappa shape index (κ3) is 3.69. The SMILES string of the molecule is CC(=O)N1CC(C)Oc2cc(S(=O)(=O)Nc3ccc(Cl)cn3)ccc21. The van der Waals surface area contributed by atoms with Crippen LogP contribution in [0.1, 0.15) is 13.8 Å². The zero-order chi connectivity index (χ0) is 18.2. The van der Waals surface area contributed by atoms with Crippen molar-refractivity contribution in [3.05, 3.63) is 41.6 Å². The first-order chi connectivity index (χ1) is 11.8. The Morgan fingerprint density at radius 1 is 1.36 bits per heavy atom. The van der Waals surface area contributed by atoms with Gasteiger partial charge < -0.3 is 9.64 Å². The Labute approximate surface area is 150 Å². The summed E-state index contributed by atoms with van der Waals surface area (Å²) in [5.74, 6) is 0.373. The number of anilines is 2. The van der Waals surface area contributed by atoms with Crippen LogP contribution in [0.5, 0.6) is 5.75 Å². The van der Waals surface area contributed by atoms with Crippen LogP contribution in [0.3, 0.4) is 0 Å². The molecule has 0 spiro atoms. The summed E-state index contributed by atoms with van der Waals surface area (Å²) in [5, 5.41) is 0.406. The van der Waals surface area contributed by atoms with Crippen molar-refractivity contribution in [2.45, 2.75) is 24.8 Å². The first kappa shape index (κ1) is 17.5. The molecule has 1 aromatic carbocycles. The summed E-state index contributed by atoms with van der Waals surface area (Å²) in [6.07, 6.45) is 1.11. The molecule has 1 N–H and O–H groups in total. The Morgan fingerprint density at radius 3 is 2.76 bits per heavy atom. The van der Waals surface area contributed by atoms with Crippen molar-refractivity contribution in [3.8, 4) is 5.75 Å². The van der Waals surface area contributed by atoms with Crippen LogP contribution in [0, 0.1) is 0 Å². The standard InChI is InChI=1S/C16H16ClN3O4S/c1-10-9-20(11(2)21)14-5-4-13(7-15(14)24-10)25(22,23)19-16-6-3-12(17)8-18-16/h3-8,10H,9H2,1-2H3,(H,18,19). The van der Waals surface area contributed by atoms with E-state index in [0.717, 1.165) is 0 Å². The summed E-state index contributed by atoms with van der Waals surface area (Å²) in [7, 11) is -3.85. The van der Waals surface area contributed by atoms with Gasteiger partial charge in [0.1, 0.15) is 17.7 Å². The number of halogens is 1. The van der Waals surface area contributed by atoms with Gasteiger partial charge in [-0.1, -0.05) is 11.6 Å². The van der Waals surface area contributed by atoms with Gasteiger partial charge in [0.05, 0.1) is 22.2 Å². The fourth-order valence-electron chi connectivity index (χ4n) is 2.52. The maximum Gasteiger partial charge on any atom is 0.263 e. The van der Waals surface area contributed by atoms with E-state index in [9.17, 15) is 13.2 Å². The van der Waals surface area contributed by atoms with Crippen LogP contribution in [0.4, 0.5) is 11.5 Å². The molecule has 0 saturated heterocycles. The lowest BCUT2D eigenvalue weighted by atomic mass is 10.2. The van der Waals surface area contributed by atoms with Crippen molar-refractivity contribution < 1.29 is 17.9 Å². The minimum absolute atomic E-state index is 0.0144. The highest BCUT2D eigenvalue weighted by Crippen LogP contribution is 2.35. The van der Waals surface area contributed by atoms with E-state index in [1.54, 1.807) is 11.0 Å². The van der Waals surface area contributed by atoms with Gasteiger partial charge >= 0.3 is 0 Å². The molecule has 9 heteroatoms. The van der Waals surface area contributed by atoms with Gasteiger partial charge in [0.15, 0.2) is 0 Å². The van der Waals surface area contributed by atoms with Gasteiger partial charge in [-0.15, -0.1) is 0 Å². The second-order valence-electron chi connectivity index (χ2n) is 5.65. The van der Waals surface area contributed by atoms with Crippen LogP contribution in [0.15, 0.2) is 41.4 Å². The fraction of sp³-hybridized carbons (Fsp3) is 0.250. The molecule has 1 aromatic heterocycles. The lowest BCUT2D eigenvalue weighted by molar-refractivity contribution is -0.117. The molecule has 132 valence electrons. The summed E-state index contributed by atoms with van der Waals surface area (Å²) in [5.41, 5.74) is 0.550. The summed E-state index contributed by atoms with van der Waals surface area (Å²) >= 11 is 5.74. The van der Waals surface area contributed by atoms with E-state index >= 15 is 0 Å². The Hall–Kier alpha value is -2.32. The van der Waals surface area contributed by atoms with Crippen LogP contribution >= 0.6 is 11.6 Å². The molecule has 0 fully saturated rings. The molecular formula is C16H16ClN3O4S. The molecule has 25 heavy (non-hydrogen) atoms. The zero-order valence-electron chi connectivity index (χ0n) is 13.6. The van der Waals surface area contributed by atoms with E-state index in [2.05, 4.69) is 9.71 Å². The van der Waals surface area contributed by atoms with Crippen LogP contribution in [-0.2, 0) is 14.8 Å². The number of pyridine rings is 1. The molecule has 3 rings (SSSR count). The van der Waals surface area contributed by atoms with Gasteiger partial charge in [-0.05, 0) is 31.2 Å². The van der Waals surface area contributed by atoms with Gasteiger partial charge in [0, 0.05) is 19.2 Å². The van der Waals surface area contributed by atoms with Gasteiger partial charge in [-0.25, -0.2) is 13.4 Å². The average molecular weight is 382 g/mol. The molecule has 1 amide bonds. The zero-order valence-corrected chi connectivity index (χ0v) is 15.1. The van der Waals surface area contributed by atoms with E-state index < -0.39 is 10.0 Å². The summed E-state index contributed by atoms with van der Waals surface area (Å²) in [6.45, 7) is 3.69. The number of sulfonamides is 1. The Balaban J connectivity index is 1.94. The number of fused-ring (bicyclic) bond motifs is 1. The van der Waals surface area contributed by atoms with Crippen LogP contribution in [-0.4, -0.2) is 32.0 Å². The number of amides is 1. The molecule has 1 unspecified atom stereocenters. The molecular weight excluding hydrogens is 366 g/mol. The predicted octanol–water partition coefficient (Wildman–Crippen LogP) is 2.67. The number of hydrogen-bond acceptors (Lipinski definition) is 5. The number of hydrogen-bond donors (Lipinski definition) is 1. The number of benzene rings is 1. The summed E-state index contributed by atoms with van der Waals surface area (Å²) in [6, 6.07) is 7.39. The number of carbonyl (C=O) groups excluding carboxylic acids is 1. The van der Waals surface area contributed by atoms with Crippen molar-refractivity contribution in [1.29, 1.82) is 0 Å². The van der Waals surface area contributed by atoms with Crippen molar-refractivity contribution >= 4 is 39.0 Å². The lowest BCUT2D eigenvalue weighted by Gasteiger charge is -2.33. The first-order valence-corrected chi connectivity index (χ1v) is 9.35.